The lowest BCUT2D eigenvalue weighted by Gasteiger charge is -2.03. The predicted molar refractivity (Wildman–Crippen MR) is 58.6 cm³/mol. The molecular weight excluding hydrogens is 174 g/mol. The molecule has 14 heavy (non-hydrogen) atoms. The summed E-state index contributed by atoms with van der Waals surface area (Å²) in [4.78, 5) is 14.1. The van der Waals surface area contributed by atoms with Crippen LogP contribution in [0.1, 0.15) is 18.9 Å². The summed E-state index contributed by atoms with van der Waals surface area (Å²) in [6.45, 7) is 2.14. The smallest absolute Gasteiger partial charge is 0.248 e. The van der Waals surface area contributed by atoms with Crippen LogP contribution in [0.25, 0.3) is 10.9 Å². The van der Waals surface area contributed by atoms with E-state index in [9.17, 15) is 4.79 Å². The van der Waals surface area contributed by atoms with Crippen molar-refractivity contribution in [2.45, 2.75) is 19.8 Å². The molecule has 2 nitrogen and oxygen atoms in total. The minimum Gasteiger partial charge on any atom is -0.322 e. The summed E-state index contributed by atoms with van der Waals surface area (Å²) in [7, 11) is 0. The molecule has 0 aliphatic carbocycles. The second kappa shape index (κ2) is 3.66. The van der Waals surface area contributed by atoms with Gasteiger partial charge in [0.05, 0.1) is 5.52 Å². The van der Waals surface area contributed by atoms with Gasteiger partial charge < -0.3 is 4.98 Å². The van der Waals surface area contributed by atoms with Gasteiger partial charge in [0.15, 0.2) is 0 Å². The molecule has 0 bridgehead atoms. The van der Waals surface area contributed by atoms with Crippen LogP contribution >= 0.6 is 0 Å². The van der Waals surface area contributed by atoms with Gasteiger partial charge in [-0.05, 0) is 23.4 Å². The van der Waals surface area contributed by atoms with Crippen molar-refractivity contribution in [1.82, 2.24) is 4.98 Å². The van der Waals surface area contributed by atoms with Gasteiger partial charge in [0, 0.05) is 6.07 Å². The predicted octanol–water partition coefficient (Wildman–Crippen LogP) is 2.48. The number of aryl methyl sites for hydroxylation is 1. The van der Waals surface area contributed by atoms with Crippen LogP contribution in [0, 0.1) is 0 Å². The van der Waals surface area contributed by atoms with Crippen LogP contribution in [0.2, 0.25) is 0 Å². The number of pyridine rings is 1. The lowest BCUT2D eigenvalue weighted by Crippen LogP contribution is -2.04. The number of fused-ring (bicyclic) bond motifs is 1. The van der Waals surface area contributed by atoms with Gasteiger partial charge in [0.25, 0.3) is 0 Å². The van der Waals surface area contributed by atoms with Gasteiger partial charge in [-0.25, -0.2) is 0 Å². The van der Waals surface area contributed by atoms with E-state index in [4.69, 9.17) is 0 Å². The third-order valence-corrected chi connectivity index (χ3v) is 2.36. The average Bonchev–Trinajstić information content (AvgIpc) is 2.19. The Morgan fingerprint density at radius 1 is 1.21 bits per heavy atom. The molecule has 1 N–H and O–H groups in total. The quantitative estimate of drug-likeness (QED) is 0.769. The molecule has 2 aromatic rings. The van der Waals surface area contributed by atoms with E-state index in [0.717, 1.165) is 23.7 Å². The van der Waals surface area contributed by atoms with E-state index in [1.165, 1.54) is 5.56 Å². The summed E-state index contributed by atoms with van der Waals surface area (Å²) in [5, 5.41) is 1.11. The molecule has 0 atom stereocenters. The average molecular weight is 187 g/mol. The van der Waals surface area contributed by atoms with Crippen molar-refractivity contribution in [3.05, 3.63) is 46.2 Å². The van der Waals surface area contributed by atoms with Gasteiger partial charge >= 0.3 is 0 Å². The highest BCUT2D eigenvalue weighted by molar-refractivity contribution is 5.81. The van der Waals surface area contributed by atoms with Crippen molar-refractivity contribution in [1.29, 1.82) is 0 Å². The van der Waals surface area contributed by atoms with E-state index in [-0.39, 0.29) is 5.56 Å². The maximum atomic E-state index is 11.2. The van der Waals surface area contributed by atoms with Crippen molar-refractivity contribution in [2.75, 3.05) is 0 Å². The Balaban J connectivity index is 2.71. The number of para-hydroxylation sites is 1. The lowest BCUT2D eigenvalue weighted by atomic mass is 10.1. The molecule has 0 spiro atoms. The highest BCUT2D eigenvalue weighted by Crippen LogP contribution is 2.15. The molecular formula is C12H13NO. The first-order valence-electron chi connectivity index (χ1n) is 4.92. The molecule has 0 unspecified atom stereocenters. The largest absolute Gasteiger partial charge is 0.322 e. The fourth-order valence-corrected chi connectivity index (χ4v) is 1.72. The van der Waals surface area contributed by atoms with Crippen LogP contribution in [0.5, 0.6) is 0 Å². The molecule has 1 aromatic heterocycles. The molecule has 0 aliphatic heterocycles. The summed E-state index contributed by atoms with van der Waals surface area (Å²) in [6.07, 6.45) is 2.10. The third-order valence-electron chi connectivity index (χ3n) is 2.36. The summed E-state index contributed by atoms with van der Waals surface area (Å²) < 4.78 is 0. The van der Waals surface area contributed by atoms with Crippen LogP contribution in [-0.4, -0.2) is 4.98 Å². The van der Waals surface area contributed by atoms with Crippen LogP contribution < -0.4 is 5.56 Å². The zero-order valence-electron chi connectivity index (χ0n) is 8.21. The Labute approximate surface area is 82.6 Å². The van der Waals surface area contributed by atoms with Crippen LogP contribution in [-0.2, 0) is 6.42 Å². The Bertz CT molecular complexity index is 499. The molecule has 0 amide bonds. The monoisotopic (exact) mass is 187 g/mol. The van der Waals surface area contributed by atoms with Gasteiger partial charge in [0.1, 0.15) is 0 Å². The van der Waals surface area contributed by atoms with Gasteiger partial charge in [-0.3, -0.25) is 4.79 Å². The molecule has 0 fully saturated rings. The molecule has 0 saturated carbocycles. The minimum atomic E-state index is -0.0268. The van der Waals surface area contributed by atoms with Crippen molar-refractivity contribution in [2.24, 2.45) is 0 Å². The molecule has 1 aromatic carbocycles. The number of aromatic nitrogens is 1. The second-order valence-electron chi connectivity index (χ2n) is 3.45. The highest BCUT2D eigenvalue weighted by Gasteiger charge is 1.99. The lowest BCUT2D eigenvalue weighted by molar-refractivity contribution is 0.926. The molecule has 0 radical (unpaired) electrons. The van der Waals surface area contributed by atoms with E-state index < -0.39 is 0 Å². The van der Waals surface area contributed by atoms with Crippen molar-refractivity contribution >= 4 is 10.9 Å². The van der Waals surface area contributed by atoms with Crippen molar-refractivity contribution in [3.8, 4) is 0 Å². The molecule has 1 heterocycles. The van der Waals surface area contributed by atoms with E-state index in [1.807, 2.05) is 18.2 Å². The fraction of sp³-hybridized carbons (Fsp3) is 0.250. The molecule has 72 valence electrons. The number of benzene rings is 1. The van der Waals surface area contributed by atoms with E-state index in [2.05, 4.69) is 18.0 Å². The van der Waals surface area contributed by atoms with Gasteiger partial charge in [-0.15, -0.1) is 0 Å². The highest BCUT2D eigenvalue weighted by atomic mass is 16.1. The number of rotatable bonds is 2. The maximum Gasteiger partial charge on any atom is 0.248 e. The van der Waals surface area contributed by atoms with Crippen LogP contribution in [0.3, 0.4) is 0 Å². The van der Waals surface area contributed by atoms with Gasteiger partial charge in [-0.1, -0.05) is 31.5 Å². The van der Waals surface area contributed by atoms with Crippen LogP contribution in [0.4, 0.5) is 0 Å². The van der Waals surface area contributed by atoms with Crippen LogP contribution in [0.15, 0.2) is 35.1 Å². The number of H-pyrrole nitrogens is 1. The minimum absolute atomic E-state index is 0.0268. The summed E-state index contributed by atoms with van der Waals surface area (Å²) in [5.41, 5.74) is 2.19. The Kier molecular flexibility index (Phi) is 2.35. The molecule has 2 heteroatoms. The molecule has 0 saturated heterocycles. The number of hydrogen-bond acceptors (Lipinski definition) is 1. The molecule has 2 rings (SSSR count). The first-order valence-corrected chi connectivity index (χ1v) is 4.92. The third kappa shape index (κ3) is 1.55. The summed E-state index contributed by atoms with van der Waals surface area (Å²) >= 11 is 0. The standard InChI is InChI=1S/C12H13NO/c1-2-4-9-5-3-6-10-7-8-11(14)13-12(9)10/h3,5-8H,2,4H2,1H3,(H,13,14). The zero-order valence-corrected chi connectivity index (χ0v) is 8.21. The fourth-order valence-electron chi connectivity index (χ4n) is 1.72. The van der Waals surface area contributed by atoms with E-state index in [1.54, 1.807) is 6.07 Å². The van der Waals surface area contributed by atoms with Crippen molar-refractivity contribution < 1.29 is 0 Å². The van der Waals surface area contributed by atoms with E-state index >= 15 is 0 Å². The van der Waals surface area contributed by atoms with E-state index in [0.29, 0.717) is 0 Å². The number of nitrogens with one attached hydrogen (secondary N) is 1. The topological polar surface area (TPSA) is 32.9 Å². The molecule has 0 aliphatic rings. The van der Waals surface area contributed by atoms with Gasteiger partial charge in [0.2, 0.25) is 5.56 Å². The maximum absolute atomic E-state index is 11.2. The Morgan fingerprint density at radius 3 is 2.86 bits per heavy atom. The number of hydrogen-bond donors (Lipinski definition) is 1. The SMILES string of the molecule is CCCc1cccc2ccc(=O)[nH]c12. The second-order valence-corrected chi connectivity index (χ2v) is 3.45. The first-order chi connectivity index (χ1) is 6.81. The summed E-state index contributed by atoms with van der Waals surface area (Å²) in [5.74, 6) is 0. The first kappa shape index (κ1) is 9.00. The van der Waals surface area contributed by atoms with Gasteiger partial charge in [-0.2, -0.15) is 0 Å². The summed E-state index contributed by atoms with van der Waals surface area (Å²) in [6, 6.07) is 9.56. The normalized spacial score (nSPS) is 10.6. The van der Waals surface area contributed by atoms with Crippen molar-refractivity contribution in [3.63, 3.8) is 0 Å². The zero-order chi connectivity index (χ0) is 9.97. The number of aromatic amines is 1. The Morgan fingerprint density at radius 2 is 2.07 bits per heavy atom. The Hall–Kier alpha value is -1.57.